The Kier molecular flexibility index (Phi) is 5.24. The molecule has 0 heterocycles. The maximum Gasteiger partial charge on any atom is 0.233 e. The Hall–Kier alpha value is -0.610. The van der Waals surface area contributed by atoms with E-state index in [2.05, 4.69) is 0 Å². The van der Waals surface area contributed by atoms with Crippen LogP contribution in [0, 0.1) is 5.41 Å². The van der Waals surface area contributed by atoms with Crippen LogP contribution in [0.25, 0.3) is 0 Å². The number of carbonyl (C=O) groups excluding carboxylic acids is 1. The first-order valence-corrected chi connectivity index (χ1v) is 5.22. The Morgan fingerprint density at radius 3 is 2.13 bits per heavy atom. The van der Waals surface area contributed by atoms with E-state index in [1.807, 2.05) is 34.6 Å². The van der Waals surface area contributed by atoms with Crippen LogP contribution in [-0.4, -0.2) is 35.3 Å². The van der Waals surface area contributed by atoms with Crippen molar-refractivity contribution >= 4 is 6.41 Å². The molecule has 0 saturated carbocycles. The van der Waals surface area contributed by atoms with E-state index >= 15 is 0 Å². The van der Waals surface area contributed by atoms with E-state index in [0.717, 1.165) is 0 Å². The van der Waals surface area contributed by atoms with E-state index in [1.165, 1.54) is 5.06 Å². The maximum atomic E-state index is 10.7. The molecule has 0 fully saturated rings. The molecule has 90 valence electrons. The molecule has 0 unspecified atom stereocenters. The molecule has 0 spiro atoms. The minimum atomic E-state index is -0.371. The Morgan fingerprint density at radius 1 is 1.27 bits per heavy atom. The number of hydrogen-bond acceptors (Lipinski definition) is 3. The SMILES string of the molecule is CC(C)(CO)CCN(C=O)OC(C)(C)C. The number of carbonyl (C=O) groups is 1. The maximum absolute atomic E-state index is 10.7. The zero-order chi connectivity index (χ0) is 12.1. The summed E-state index contributed by atoms with van der Waals surface area (Å²) in [5.74, 6) is 0. The van der Waals surface area contributed by atoms with Gasteiger partial charge in [-0.15, -0.1) is 0 Å². The van der Waals surface area contributed by atoms with Crippen molar-refractivity contribution in [1.29, 1.82) is 0 Å². The van der Waals surface area contributed by atoms with Gasteiger partial charge in [0, 0.05) is 13.2 Å². The molecule has 0 aromatic heterocycles. The van der Waals surface area contributed by atoms with Crippen LogP contribution in [0.15, 0.2) is 0 Å². The van der Waals surface area contributed by atoms with Crippen LogP contribution in [0.3, 0.4) is 0 Å². The number of aliphatic hydroxyl groups is 1. The molecule has 0 aliphatic heterocycles. The van der Waals surface area contributed by atoms with E-state index in [0.29, 0.717) is 19.4 Å². The molecule has 0 saturated heterocycles. The molecule has 0 aromatic carbocycles. The lowest BCUT2D eigenvalue weighted by molar-refractivity contribution is -0.218. The van der Waals surface area contributed by atoms with Gasteiger partial charge in [-0.1, -0.05) is 13.8 Å². The fourth-order valence-electron chi connectivity index (χ4n) is 0.964. The molecule has 0 aliphatic rings. The number of nitrogens with zero attached hydrogens (tertiary/aromatic N) is 1. The minimum Gasteiger partial charge on any atom is -0.396 e. The van der Waals surface area contributed by atoms with Crippen LogP contribution >= 0.6 is 0 Å². The van der Waals surface area contributed by atoms with Gasteiger partial charge in [0.2, 0.25) is 6.41 Å². The first kappa shape index (κ1) is 14.4. The summed E-state index contributed by atoms with van der Waals surface area (Å²) in [5.41, 5.74) is -0.549. The lowest BCUT2D eigenvalue weighted by Gasteiger charge is -2.29. The Bertz CT molecular complexity index is 196. The lowest BCUT2D eigenvalue weighted by Crippen LogP contribution is -2.35. The predicted octanol–water partition coefficient (Wildman–Crippen LogP) is 1.58. The highest BCUT2D eigenvalue weighted by molar-refractivity contribution is 5.44. The van der Waals surface area contributed by atoms with Gasteiger partial charge in [0.15, 0.2) is 0 Å². The summed E-state index contributed by atoms with van der Waals surface area (Å²) < 4.78 is 0. The summed E-state index contributed by atoms with van der Waals surface area (Å²) >= 11 is 0. The average Bonchev–Trinajstić information content (AvgIpc) is 2.10. The third-order valence-electron chi connectivity index (χ3n) is 1.95. The van der Waals surface area contributed by atoms with Crippen molar-refractivity contribution in [2.75, 3.05) is 13.2 Å². The summed E-state index contributed by atoms with van der Waals surface area (Å²) in [7, 11) is 0. The molecule has 0 bridgehead atoms. The first-order chi connectivity index (χ1) is 6.70. The zero-order valence-corrected chi connectivity index (χ0v) is 10.4. The van der Waals surface area contributed by atoms with Gasteiger partial charge < -0.3 is 5.11 Å². The third-order valence-corrected chi connectivity index (χ3v) is 1.95. The van der Waals surface area contributed by atoms with E-state index in [4.69, 9.17) is 9.94 Å². The fourth-order valence-corrected chi connectivity index (χ4v) is 0.964. The summed E-state index contributed by atoms with van der Waals surface area (Å²) in [6.07, 6.45) is 1.39. The highest BCUT2D eigenvalue weighted by atomic mass is 16.7. The van der Waals surface area contributed by atoms with Gasteiger partial charge in [-0.2, -0.15) is 0 Å². The molecule has 0 atom stereocenters. The van der Waals surface area contributed by atoms with Crippen molar-refractivity contribution in [3.63, 3.8) is 0 Å². The number of amides is 1. The van der Waals surface area contributed by atoms with Gasteiger partial charge >= 0.3 is 0 Å². The molecule has 1 N–H and O–H groups in total. The van der Waals surface area contributed by atoms with Gasteiger partial charge in [-0.05, 0) is 32.6 Å². The lowest BCUT2D eigenvalue weighted by atomic mass is 9.91. The van der Waals surface area contributed by atoms with E-state index in [-0.39, 0.29) is 17.6 Å². The summed E-state index contributed by atoms with van der Waals surface area (Å²) in [4.78, 5) is 16.1. The Balaban J connectivity index is 4.07. The molecular weight excluding hydrogens is 194 g/mol. The highest BCUT2D eigenvalue weighted by Gasteiger charge is 2.20. The van der Waals surface area contributed by atoms with Gasteiger partial charge in [0.1, 0.15) is 0 Å². The van der Waals surface area contributed by atoms with Crippen molar-refractivity contribution in [3.05, 3.63) is 0 Å². The number of aliphatic hydroxyl groups excluding tert-OH is 1. The van der Waals surface area contributed by atoms with Crippen LogP contribution in [0.1, 0.15) is 41.0 Å². The molecule has 0 rings (SSSR count). The van der Waals surface area contributed by atoms with Crippen molar-refractivity contribution in [2.24, 2.45) is 5.41 Å². The first-order valence-electron chi connectivity index (χ1n) is 5.22. The topological polar surface area (TPSA) is 49.8 Å². The van der Waals surface area contributed by atoms with Gasteiger partial charge in [-0.3, -0.25) is 9.63 Å². The molecule has 4 heteroatoms. The second kappa shape index (κ2) is 5.47. The van der Waals surface area contributed by atoms with E-state index in [9.17, 15) is 4.79 Å². The number of rotatable bonds is 6. The smallest absolute Gasteiger partial charge is 0.233 e. The fraction of sp³-hybridized carbons (Fsp3) is 0.909. The van der Waals surface area contributed by atoms with Crippen molar-refractivity contribution < 1.29 is 14.7 Å². The molecule has 1 amide bonds. The number of hydroxylamine groups is 2. The van der Waals surface area contributed by atoms with Crippen LogP contribution in [0.2, 0.25) is 0 Å². The normalized spacial score (nSPS) is 12.7. The van der Waals surface area contributed by atoms with Gasteiger partial charge in [0.05, 0.1) is 5.60 Å². The zero-order valence-electron chi connectivity index (χ0n) is 10.4. The summed E-state index contributed by atoms with van der Waals surface area (Å²) in [6.45, 7) is 10.2. The predicted molar refractivity (Wildman–Crippen MR) is 59.1 cm³/mol. The van der Waals surface area contributed by atoms with Gasteiger partial charge in [-0.25, -0.2) is 5.06 Å². The molecule has 15 heavy (non-hydrogen) atoms. The Morgan fingerprint density at radius 2 is 1.80 bits per heavy atom. The quantitative estimate of drug-likeness (QED) is 0.543. The molecule has 0 radical (unpaired) electrons. The van der Waals surface area contributed by atoms with Crippen LogP contribution in [0.4, 0.5) is 0 Å². The van der Waals surface area contributed by atoms with Crippen LogP contribution in [-0.2, 0) is 9.63 Å². The molecular formula is C11H23NO3. The van der Waals surface area contributed by atoms with Crippen molar-refractivity contribution in [1.82, 2.24) is 5.06 Å². The monoisotopic (exact) mass is 217 g/mol. The molecule has 0 aromatic rings. The molecule has 4 nitrogen and oxygen atoms in total. The van der Waals surface area contributed by atoms with Crippen LogP contribution < -0.4 is 0 Å². The largest absolute Gasteiger partial charge is 0.396 e. The second-order valence-electron chi connectivity index (χ2n) is 5.52. The summed E-state index contributed by atoms with van der Waals surface area (Å²) in [5, 5.41) is 10.4. The second-order valence-corrected chi connectivity index (χ2v) is 5.52. The standard InChI is InChI=1S/C11H23NO3/c1-10(2,3)15-12(9-14)7-6-11(4,5)8-13/h9,13H,6-8H2,1-5H3. The van der Waals surface area contributed by atoms with Crippen LogP contribution in [0.5, 0.6) is 0 Å². The third kappa shape index (κ3) is 7.33. The minimum absolute atomic E-state index is 0.106. The highest BCUT2D eigenvalue weighted by Crippen LogP contribution is 2.20. The van der Waals surface area contributed by atoms with E-state index < -0.39 is 0 Å². The average molecular weight is 217 g/mol. The molecule has 0 aliphatic carbocycles. The summed E-state index contributed by atoms with van der Waals surface area (Å²) in [6, 6.07) is 0. The van der Waals surface area contributed by atoms with Crippen molar-refractivity contribution in [3.8, 4) is 0 Å². The van der Waals surface area contributed by atoms with Crippen molar-refractivity contribution in [2.45, 2.75) is 46.6 Å². The Labute approximate surface area is 92.2 Å². The number of hydrogen-bond donors (Lipinski definition) is 1. The van der Waals surface area contributed by atoms with Gasteiger partial charge in [0.25, 0.3) is 0 Å². The van der Waals surface area contributed by atoms with E-state index in [1.54, 1.807) is 0 Å².